The number of rotatable bonds is 7. The van der Waals surface area contributed by atoms with Crippen molar-refractivity contribution in [3.05, 3.63) is 17.5 Å². The molecule has 1 saturated heterocycles. The van der Waals surface area contributed by atoms with Crippen molar-refractivity contribution in [2.45, 2.75) is 36.9 Å². The topological polar surface area (TPSA) is 86.8 Å². The van der Waals surface area contributed by atoms with Gasteiger partial charge in [0, 0.05) is 19.6 Å². The first-order chi connectivity index (χ1) is 11.4. The van der Waals surface area contributed by atoms with Crippen LogP contribution >= 0.6 is 11.3 Å². The first kappa shape index (κ1) is 18.9. The molecular formula is C15H23N3O4S2. The molecule has 134 valence electrons. The van der Waals surface area contributed by atoms with Gasteiger partial charge in [0.1, 0.15) is 10.3 Å². The summed E-state index contributed by atoms with van der Waals surface area (Å²) in [6, 6.07) is 2.46. The number of amides is 2. The van der Waals surface area contributed by atoms with E-state index in [1.807, 2.05) is 13.8 Å². The lowest BCUT2D eigenvalue weighted by Crippen LogP contribution is -2.48. The van der Waals surface area contributed by atoms with Crippen LogP contribution in [0.2, 0.25) is 0 Å². The molecule has 1 aliphatic rings. The van der Waals surface area contributed by atoms with Crippen LogP contribution in [0.25, 0.3) is 0 Å². The number of nitrogens with zero attached hydrogens (tertiary/aromatic N) is 2. The highest BCUT2D eigenvalue weighted by Gasteiger charge is 2.39. The number of hydrogen-bond donors (Lipinski definition) is 1. The van der Waals surface area contributed by atoms with Crippen LogP contribution in [0.15, 0.2) is 21.7 Å². The lowest BCUT2D eigenvalue weighted by molar-refractivity contribution is -0.133. The van der Waals surface area contributed by atoms with E-state index in [1.54, 1.807) is 16.3 Å². The molecule has 1 atom stereocenters. The molecule has 1 aromatic heterocycles. The molecule has 24 heavy (non-hydrogen) atoms. The zero-order chi connectivity index (χ0) is 17.7. The lowest BCUT2D eigenvalue weighted by atomic mass is 10.2. The largest absolute Gasteiger partial charge is 0.346 e. The van der Waals surface area contributed by atoms with Gasteiger partial charge >= 0.3 is 0 Å². The third kappa shape index (κ3) is 3.96. The zero-order valence-electron chi connectivity index (χ0n) is 13.9. The molecule has 0 saturated carbocycles. The molecule has 2 amide bonds. The van der Waals surface area contributed by atoms with Gasteiger partial charge in [-0.15, -0.1) is 11.3 Å². The van der Waals surface area contributed by atoms with Crippen molar-refractivity contribution < 1.29 is 18.0 Å². The van der Waals surface area contributed by atoms with Gasteiger partial charge in [-0.25, -0.2) is 8.42 Å². The minimum absolute atomic E-state index is 0.107. The van der Waals surface area contributed by atoms with E-state index in [2.05, 4.69) is 5.32 Å². The van der Waals surface area contributed by atoms with Crippen LogP contribution in [-0.2, 0) is 19.6 Å². The SMILES string of the molecule is CCN(CC)C(=O)CNC(=O)C1CCCN1S(=O)(=O)c1cccs1. The van der Waals surface area contributed by atoms with Crippen molar-refractivity contribution in [1.29, 1.82) is 0 Å². The fraction of sp³-hybridized carbons (Fsp3) is 0.600. The minimum atomic E-state index is -3.66. The predicted molar refractivity (Wildman–Crippen MR) is 92.2 cm³/mol. The second-order valence-electron chi connectivity index (χ2n) is 5.49. The molecule has 1 aromatic rings. The summed E-state index contributed by atoms with van der Waals surface area (Å²) in [4.78, 5) is 26.0. The number of thiophene rings is 1. The Morgan fingerprint density at radius 3 is 2.67 bits per heavy atom. The minimum Gasteiger partial charge on any atom is -0.346 e. The van der Waals surface area contributed by atoms with E-state index in [0.29, 0.717) is 32.5 Å². The number of hydrogen-bond acceptors (Lipinski definition) is 5. The van der Waals surface area contributed by atoms with Gasteiger partial charge in [-0.1, -0.05) is 6.07 Å². The Bertz CT molecular complexity index is 669. The van der Waals surface area contributed by atoms with E-state index in [4.69, 9.17) is 0 Å². The molecule has 7 nitrogen and oxygen atoms in total. The van der Waals surface area contributed by atoms with Crippen LogP contribution in [0, 0.1) is 0 Å². The Hall–Kier alpha value is -1.45. The van der Waals surface area contributed by atoms with Crippen LogP contribution in [0.3, 0.4) is 0 Å². The molecule has 0 radical (unpaired) electrons. The summed E-state index contributed by atoms with van der Waals surface area (Å²) in [7, 11) is -3.66. The second kappa shape index (κ2) is 8.09. The van der Waals surface area contributed by atoms with Crippen LogP contribution in [-0.4, -0.2) is 61.7 Å². The quantitative estimate of drug-likeness (QED) is 0.769. The second-order valence-corrected chi connectivity index (χ2v) is 8.55. The van der Waals surface area contributed by atoms with Crippen molar-refractivity contribution >= 4 is 33.2 Å². The average molecular weight is 374 g/mol. The van der Waals surface area contributed by atoms with E-state index < -0.39 is 22.0 Å². The Morgan fingerprint density at radius 1 is 1.38 bits per heavy atom. The van der Waals surface area contributed by atoms with Crippen LogP contribution in [0.1, 0.15) is 26.7 Å². The first-order valence-electron chi connectivity index (χ1n) is 8.02. The molecule has 0 aromatic carbocycles. The van der Waals surface area contributed by atoms with Crippen molar-refractivity contribution in [1.82, 2.24) is 14.5 Å². The Kier molecular flexibility index (Phi) is 6.36. The summed E-state index contributed by atoms with van der Waals surface area (Å²) in [6.45, 7) is 5.11. The number of nitrogens with one attached hydrogen (secondary N) is 1. The predicted octanol–water partition coefficient (Wildman–Crippen LogP) is 0.886. The molecule has 2 rings (SSSR count). The summed E-state index contributed by atoms with van der Waals surface area (Å²) in [6.07, 6.45) is 1.10. The molecule has 1 unspecified atom stereocenters. The summed E-state index contributed by atoms with van der Waals surface area (Å²) in [5, 5.41) is 4.28. The van der Waals surface area contributed by atoms with Gasteiger partial charge in [-0.3, -0.25) is 9.59 Å². The first-order valence-corrected chi connectivity index (χ1v) is 10.3. The summed E-state index contributed by atoms with van der Waals surface area (Å²) >= 11 is 1.14. The average Bonchev–Trinajstić information content (AvgIpc) is 3.25. The zero-order valence-corrected chi connectivity index (χ0v) is 15.5. The van der Waals surface area contributed by atoms with Crippen LogP contribution < -0.4 is 5.32 Å². The fourth-order valence-electron chi connectivity index (χ4n) is 2.78. The third-order valence-corrected chi connectivity index (χ3v) is 7.38. The highest BCUT2D eigenvalue weighted by Crippen LogP contribution is 2.28. The Labute approximate surface area is 146 Å². The van der Waals surface area contributed by atoms with Gasteiger partial charge in [0.2, 0.25) is 11.8 Å². The molecule has 1 fully saturated rings. The molecule has 0 spiro atoms. The monoisotopic (exact) mass is 373 g/mol. The summed E-state index contributed by atoms with van der Waals surface area (Å²) in [5.41, 5.74) is 0. The Balaban J connectivity index is 2.03. The van der Waals surface area contributed by atoms with E-state index >= 15 is 0 Å². The van der Waals surface area contributed by atoms with Crippen LogP contribution in [0.4, 0.5) is 0 Å². The number of likely N-dealkylation sites (N-methyl/N-ethyl adjacent to an activating group) is 1. The molecule has 0 aliphatic carbocycles. The van der Waals surface area contributed by atoms with Crippen LogP contribution in [0.5, 0.6) is 0 Å². The smallest absolute Gasteiger partial charge is 0.253 e. The van der Waals surface area contributed by atoms with Gasteiger partial charge in [-0.05, 0) is 38.1 Å². The van der Waals surface area contributed by atoms with E-state index in [1.165, 1.54) is 10.4 Å². The number of carbonyl (C=O) groups is 2. The van der Waals surface area contributed by atoms with E-state index in [0.717, 1.165) is 11.3 Å². The van der Waals surface area contributed by atoms with Gasteiger partial charge in [0.25, 0.3) is 10.0 Å². The van der Waals surface area contributed by atoms with Gasteiger partial charge in [0.05, 0.1) is 6.54 Å². The van der Waals surface area contributed by atoms with Gasteiger partial charge in [-0.2, -0.15) is 4.31 Å². The number of sulfonamides is 1. The molecular weight excluding hydrogens is 350 g/mol. The maximum atomic E-state index is 12.6. The molecule has 2 heterocycles. The van der Waals surface area contributed by atoms with Gasteiger partial charge < -0.3 is 10.2 Å². The third-order valence-electron chi connectivity index (χ3n) is 4.09. The fourth-order valence-corrected chi connectivity index (χ4v) is 5.56. The van der Waals surface area contributed by atoms with Crippen molar-refractivity contribution in [2.24, 2.45) is 0 Å². The standard InChI is InChI=1S/C15H23N3O4S2/c1-3-17(4-2)13(19)11-16-15(20)12-7-5-9-18(12)24(21,22)14-8-6-10-23-14/h6,8,10,12H,3-5,7,9,11H2,1-2H3,(H,16,20). The van der Waals surface area contributed by atoms with Crippen molar-refractivity contribution in [2.75, 3.05) is 26.2 Å². The van der Waals surface area contributed by atoms with E-state index in [9.17, 15) is 18.0 Å². The van der Waals surface area contributed by atoms with Gasteiger partial charge in [0.15, 0.2) is 0 Å². The normalized spacial score (nSPS) is 18.5. The van der Waals surface area contributed by atoms with Crippen molar-refractivity contribution in [3.8, 4) is 0 Å². The highest BCUT2D eigenvalue weighted by molar-refractivity contribution is 7.91. The maximum absolute atomic E-state index is 12.6. The Morgan fingerprint density at radius 2 is 2.08 bits per heavy atom. The molecule has 9 heteroatoms. The highest BCUT2D eigenvalue weighted by atomic mass is 32.2. The number of carbonyl (C=O) groups excluding carboxylic acids is 2. The maximum Gasteiger partial charge on any atom is 0.253 e. The summed E-state index contributed by atoms with van der Waals surface area (Å²) in [5.74, 6) is -0.577. The molecule has 1 N–H and O–H groups in total. The lowest BCUT2D eigenvalue weighted by Gasteiger charge is -2.23. The van der Waals surface area contributed by atoms with Crippen molar-refractivity contribution in [3.63, 3.8) is 0 Å². The molecule has 1 aliphatic heterocycles. The molecule has 0 bridgehead atoms. The van der Waals surface area contributed by atoms with E-state index in [-0.39, 0.29) is 16.7 Å². The summed E-state index contributed by atoms with van der Waals surface area (Å²) < 4.78 is 26.7.